The lowest BCUT2D eigenvalue weighted by molar-refractivity contribution is 0.0523. The van der Waals surface area contributed by atoms with Gasteiger partial charge in [0.05, 0.1) is 18.5 Å². The quantitative estimate of drug-likeness (QED) is 0.726. The molecule has 0 aliphatic rings. The van der Waals surface area contributed by atoms with Gasteiger partial charge in [0.1, 0.15) is 5.56 Å². The lowest BCUT2D eigenvalue weighted by atomic mass is 10.2. The number of carbonyl (C=O) groups is 1. The summed E-state index contributed by atoms with van der Waals surface area (Å²) in [5, 5.41) is 4.16. The van der Waals surface area contributed by atoms with Gasteiger partial charge in [-0.3, -0.25) is 9.58 Å². The molecule has 0 amide bonds. The molecule has 1 heterocycles. The topological polar surface area (TPSA) is 47.4 Å². The zero-order chi connectivity index (χ0) is 13.7. The molecule has 0 saturated carbocycles. The van der Waals surface area contributed by atoms with E-state index >= 15 is 0 Å². The molecule has 0 unspecified atom stereocenters. The van der Waals surface area contributed by atoms with Gasteiger partial charge < -0.3 is 4.74 Å². The van der Waals surface area contributed by atoms with Crippen molar-refractivity contribution in [1.29, 1.82) is 0 Å². The van der Waals surface area contributed by atoms with Crippen molar-refractivity contribution in [3.8, 4) is 0 Å². The minimum atomic E-state index is -0.291. The first-order valence-corrected chi connectivity index (χ1v) is 6.43. The maximum Gasteiger partial charge on any atom is 0.341 e. The molecule has 0 spiro atoms. The maximum absolute atomic E-state index is 11.8. The van der Waals surface area contributed by atoms with E-state index in [9.17, 15) is 4.79 Å². The van der Waals surface area contributed by atoms with Gasteiger partial charge in [-0.05, 0) is 27.3 Å². The molecule has 0 aliphatic heterocycles. The minimum Gasteiger partial charge on any atom is -0.462 e. The molecule has 5 heteroatoms. The van der Waals surface area contributed by atoms with Gasteiger partial charge in [0.15, 0.2) is 0 Å². The molecular weight excluding hydrogens is 230 g/mol. The van der Waals surface area contributed by atoms with Crippen LogP contribution in [0, 0.1) is 0 Å². The standard InChI is InChI=1S/C13H23N3O2/c1-6-16(10(3)4)9-12-11(8-14-15(12)5)13(17)18-7-2/h8,10H,6-7,9H2,1-5H3. The van der Waals surface area contributed by atoms with Crippen molar-refractivity contribution >= 4 is 5.97 Å². The molecule has 5 nitrogen and oxygen atoms in total. The van der Waals surface area contributed by atoms with Crippen molar-refractivity contribution in [1.82, 2.24) is 14.7 Å². The van der Waals surface area contributed by atoms with Crippen LogP contribution in [0.1, 0.15) is 43.7 Å². The highest BCUT2D eigenvalue weighted by atomic mass is 16.5. The Kier molecular flexibility index (Phi) is 5.34. The fourth-order valence-electron chi connectivity index (χ4n) is 1.88. The zero-order valence-corrected chi connectivity index (χ0v) is 11.9. The number of nitrogens with zero attached hydrogens (tertiary/aromatic N) is 3. The second-order valence-electron chi connectivity index (χ2n) is 4.51. The van der Waals surface area contributed by atoms with E-state index in [0.717, 1.165) is 12.2 Å². The molecule has 0 fully saturated rings. The molecule has 0 N–H and O–H groups in total. The minimum absolute atomic E-state index is 0.291. The molecule has 0 aromatic carbocycles. The molecule has 0 aliphatic carbocycles. The first-order valence-electron chi connectivity index (χ1n) is 6.43. The Hall–Kier alpha value is -1.36. The Morgan fingerprint density at radius 3 is 2.67 bits per heavy atom. The molecule has 0 radical (unpaired) electrons. The highest BCUT2D eigenvalue weighted by Gasteiger charge is 2.19. The number of esters is 1. The van der Waals surface area contributed by atoms with Crippen LogP contribution >= 0.6 is 0 Å². The lowest BCUT2D eigenvalue weighted by Gasteiger charge is -2.25. The van der Waals surface area contributed by atoms with E-state index in [1.54, 1.807) is 17.8 Å². The highest BCUT2D eigenvalue weighted by Crippen LogP contribution is 2.14. The first-order chi connectivity index (χ1) is 8.51. The van der Waals surface area contributed by atoms with E-state index in [2.05, 4.69) is 30.8 Å². The summed E-state index contributed by atoms with van der Waals surface area (Å²) in [7, 11) is 1.85. The smallest absolute Gasteiger partial charge is 0.341 e. The molecular formula is C13H23N3O2. The SMILES string of the molecule is CCOC(=O)c1cnn(C)c1CN(CC)C(C)C. The Morgan fingerprint density at radius 1 is 1.50 bits per heavy atom. The fourth-order valence-corrected chi connectivity index (χ4v) is 1.88. The largest absolute Gasteiger partial charge is 0.462 e. The van der Waals surface area contributed by atoms with Crippen molar-refractivity contribution in [3.05, 3.63) is 17.5 Å². The van der Waals surface area contributed by atoms with Crippen LogP contribution in [0.15, 0.2) is 6.20 Å². The number of carbonyl (C=O) groups excluding carboxylic acids is 1. The summed E-state index contributed by atoms with van der Waals surface area (Å²) in [6.07, 6.45) is 1.58. The van der Waals surface area contributed by atoms with Gasteiger partial charge >= 0.3 is 5.97 Å². The Balaban J connectivity index is 2.93. The average Bonchev–Trinajstić information content (AvgIpc) is 2.67. The molecule has 0 saturated heterocycles. The summed E-state index contributed by atoms with van der Waals surface area (Å²) in [4.78, 5) is 14.1. The van der Waals surface area contributed by atoms with E-state index in [4.69, 9.17) is 4.74 Å². The van der Waals surface area contributed by atoms with E-state index in [1.807, 2.05) is 7.05 Å². The highest BCUT2D eigenvalue weighted by molar-refractivity contribution is 5.90. The maximum atomic E-state index is 11.8. The Morgan fingerprint density at radius 2 is 2.17 bits per heavy atom. The molecule has 0 bridgehead atoms. The predicted molar refractivity (Wildman–Crippen MR) is 70.4 cm³/mol. The van der Waals surface area contributed by atoms with Crippen molar-refractivity contribution in [2.24, 2.45) is 7.05 Å². The average molecular weight is 253 g/mol. The van der Waals surface area contributed by atoms with Crippen LogP contribution in [0.25, 0.3) is 0 Å². The van der Waals surface area contributed by atoms with Crippen molar-refractivity contribution < 1.29 is 9.53 Å². The van der Waals surface area contributed by atoms with Crippen LogP contribution in [0.4, 0.5) is 0 Å². The molecule has 18 heavy (non-hydrogen) atoms. The summed E-state index contributed by atoms with van der Waals surface area (Å²) in [5.41, 5.74) is 1.47. The molecule has 1 rings (SSSR count). The number of aromatic nitrogens is 2. The second-order valence-corrected chi connectivity index (χ2v) is 4.51. The number of rotatable bonds is 6. The summed E-state index contributed by atoms with van der Waals surface area (Å²) in [6.45, 7) is 10.2. The van der Waals surface area contributed by atoms with Gasteiger partial charge in [-0.1, -0.05) is 6.92 Å². The molecule has 0 atom stereocenters. The van der Waals surface area contributed by atoms with Crippen LogP contribution in [-0.2, 0) is 18.3 Å². The third-order valence-corrected chi connectivity index (χ3v) is 3.05. The monoisotopic (exact) mass is 253 g/mol. The lowest BCUT2D eigenvalue weighted by Crippen LogP contribution is -2.31. The van der Waals surface area contributed by atoms with Crippen molar-refractivity contribution in [2.75, 3.05) is 13.2 Å². The zero-order valence-electron chi connectivity index (χ0n) is 11.9. The summed E-state index contributed by atoms with van der Waals surface area (Å²) in [6, 6.07) is 0.431. The van der Waals surface area contributed by atoms with Crippen LogP contribution in [0.3, 0.4) is 0 Å². The first kappa shape index (κ1) is 14.7. The Labute approximate surface area is 109 Å². The van der Waals surface area contributed by atoms with Crippen LogP contribution in [0.2, 0.25) is 0 Å². The van der Waals surface area contributed by atoms with Gasteiger partial charge in [0, 0.05) is 19.6 Å². The van der Waals surface area contributed by atoms with Gasteiger partial charge in [0.25, 0.3) is 0 Å². The number of ether oxygens (including phenoxy) is 1. The van der Waals surface area contributed by atoms with Crippen LogP contribution in [0.5, 0.6) is 0 Å². The van der Waals surface area contributed by atoms with Crippen molar-refractivity contribution in [2.45, 2.75) is 40.3 Å². The molecule has 1 aromatic heterocycles. The van der Waals surface area contributed by atoms with Crippen LogP contribution in [-0.4, -0.2) is 39.8 Å². The molecule has 102 valence electrons. The third-order valence-electron chi connectivity index (χ3n) is 3.05. The number of aryl methyl sites for hydroxylation is 1. The van der Waals surface area contributed by atoms with Crippen molar-refractivity contribution in [3.63, 3.8) is 0 Å². The predicted octanol–water partition coefficient (Wildman–Crippen LogP) is 1.83. The van der Waals surface area contributed by atoms with E-state index < -0.39 is 0 Å². The normalized spacial score (nSPS) is 11.3. The van der Waals surface area contributed by atoms with Gasteiger partial charge in [0.2, 0.25) is 0 Å². The Bertz CT molecular complexity index is 399. The van der Waals surface area contributed by atoms with Gasteiger partial charge in [-0.15, -0.1) is 0 Å². The third kappa shape index (κ3) is 3.32. The van der Waals surface area contributed by atoms with Gasteiger partial charge in [-0.2, -0.15) is 5.10 Å². The number of hydrogen-bond donors (Lipinski definition) is 0. The second kappa shape index (κ2) is 6.54. The summed E-state index contributed by atoms with van der Waals surface area (Å²) in [5.74, 6) is -0.291. The summed E-state index contributed by atoms with van der Waals surface area (Å²) < 4.78 is 6.79. The molecule has 1 aromatic rings. The number of hydrogen-bond acceptors (Lipinski definition) is 4. The van der Waals surface area contributed by atoms with E-state index in [-0.39, 0.29) is 5.97 Å². The van der Waals surface area contributed by atoms with Gasteiger partial charge in [-0.25, -0.2) is 4.79 Å². The van der Waals surface area contributed by atoms with E-state index in [1.165, 1.54) is 0 Å². The van der Waals surface area contributed by atoms with Crippen LogP contribution < -0.4 is 0 Å². The van der Waals surface area contributed by atoms with E-state index in [0.29, 0.717) is 24.8 Å². The fraction of sp³-hybridized carbons (Fsp3) is 0.692. The summed E-state index contributed by atoms with van der Waals surface area (Å²) >= 11 is 0.